The van der Waals surface area contributed by atoms with Crippen molar-refractivity contribution < 1.29 is 4.79 Å². The number of rotatable bonds is 4. The Balaban J connectivity index is 1.91. The van der Waals surface area contributed by atoms with Crippen LogP contribution in [0.2, 0.25) is 0 Å². The molecule has 5 heteroatoms. The van der Waals surface area contributed by atoms with Gasteiger partial charge in [-0.1, -0.05) is 15.9 Å². The van der Waals surface area contributed by atoms with Crippen molar-refractivity contribution in [3.05, 3.63) is 50.6 Å². The number of thiol groups is 1. The van der Waals surface area contributed by atoms with E-state index in [1.807, 2.05) is 17.5 Å². The topological polar surface area (TPSA) is 29.1 Å². The Kier molecular flexibility index (Phi) is 4.86. The van der Waals surface area contributed by atoms with Gasteiger partial charge in [-0.2, -0.15) is 11.3 Å². The Labute approximate surface area is 124 Å². The maximum Gasteiger partial charge on any atom is 0.252 e. The number of carbonyl (C=O) groups is 1. The van der Waals surface area contributed by atoms with Gasteiger partial charge in [-0.25, -0.2) is 0 Å². The summed E-state index contributed by atoms with van der Waals surface area (Å²) < 4.78 is 0.919. The molecule has 0 saturated carbocycles. The van der Waals surface area contributed by atoms with Crippen molar-refractivity contribution in [2.24, 2.45) is 0 Å². The van der Waals surface area contributed by atoms with Gasteiger partial charge in [0.05, 0.1) is 5.56 Å². The zero-order valence-electron chi connectivity index (χ0n) is 9.52. The first-order chi connectivity index (χ1) is 8.66. The van der Waals surface area contributed by atoms with E-state index in [0.29, 0.717) is 17.0 Å². The van der Waals surface area contributed by atoms with E-state index in [-0.39, 0.29) is 5.91 Å². The molecule has 0 aliphatic heterocycles. The van der Waals surface area contributed by atoms with Crippen LogP contribution < -0.4 is 5.32 Å². The van der Waals surface area contributed by atoms with Crippen LogP contribution >= 0.6 is 39.9 Å². The van der Waals surface area contributed by atoms with Crippen molar-refractivity contribution in [2.75, 3.05) is 6.54 Å². The van der Waals surface area contributed by atoms with Crippen molar-refractivity contribution in [1.29, 1.82) is 0 Å². The Morgan fingerprint density at radius 3 is 2.89 bits per heavy atom. The van der Waals surface area contributed by atoms with Crippen molar-refractivity contribution in [1.82, 2.24) is 5.32 Å². The van der Waals surface area contributed by atoms with Crippen LogP contribution in [0.1, 0.15) is 15.9 Å². The predicted octanol–water partition coefficient (Wildman–Crippen LogP) is 3.77. The van der Waals surface area contributed by atoms with Gasteiger partial charge in [0.1, 0.15) is 0 Å². The summed E-state index contributed by atoms with van der Waals surface area (Å²) in [5.74, 6) is -0.0808. The van der Waals surface area contributed by atoms with Crippen LogP contribution in [0.15, 0.2) is 44.4 Å². The summed E-state index contributed by atoms with van der Waals surface area (Å²) in [4.78, 5) is 12.6. The highest BCUT2D eigenvalue weighted by Crippen LogP contribution is 2.19. The van der Waals surface area contributed by atoms with Crippen molar-refractivity contribution in [3.8, 4) is 0 Å². The molecule has 1 aromatic heterocycles. The molecule has 0 unspecified atom stereocenters. The third-order valence-electron chi connectivity index (χ3n) is 2.48. The Hall–Kier alpha value is -0.780. The molecule has 94 valence electrons. The average Bonchev–Trinajstić information content (AvgIpc) is 2.81. The van der Waals surface area contributed by atoms with Crippen LogP contribution in [0.25, 0.3) is 0 Å². The maximum absolute atomic E-state index is 11.9. The van der Waals surface area contributed by atoms with Crippen LogP contribution in [0.4, 0.5) is 0 Å². The third kappa shape index (κ3) is 3.60. The molecule has 0 atom stereocenters. The van der Waals surface area contributed by atoms with Gasteiger partial charge in [0, 0.05) is 15.9 Å². The third-order valence-corrected chi connectivity index (χ3v) is 4.08. The van der Waals surface area contributed by atoms with Gasteiger partial charge in [0.15, 0.2) is 0 Å². The molecule has 1 aromatic carbocycles. The van der Waals surface area contributed by atoms with Gasteiger partial charge in [-0.3, -0.25) is 4.79 Å². The number of thiophene rings is 1. The Morgan fingerprint density at radius 1 is 1.39 bits per heavy atom. The van der Waals surface area contributed by atoms with Crippen LogP contribution in [-0.2, 0) is 6.42 Å². The summed E-state index contributed by atoms with van der Waals surface area (Å²) in [6.07, 6.45) is 0.855. The molecule has 0 spiro atoms. The fourth-order valence-electron chi connectivity index (χ4n) is 1.55. The lowest BCUT2D eigenvalue weighted by Crippen LogP contribution is -2.25. The molecule has 2 rings (SSSR count). The minimum Gasteiger partial charge on any atom is -0.352 e. The summed E-state index contributed by atoms with van der Waals surface area (Å²) in [5, 5.41) is 7.03. The average molecular weight is 342 g/mol. The molecule has 18 heavy (non-hydrogen) atoms. The first kappa shape index (κ1) is 13.6. The lowest BCUT2D eigenvalue weighted by Gasteiger charge is -2.07. The lowest BCUT2D eigenvalue weighted by molar-refractivity contribution is 0.0951. The summed E-state index contributed by atoms with van der Waals surface area (Å²) in [6.45, 7) is 0.638. The Morgan fingerprint density at radius 2 is 2.22 bits per heavy atom. The number of amides is 1. The van der Waals surface area contributed by atoms with Crippen LogP contribution in [0, 0.1) is 0 Å². The summed E-state index contributed by atoms with van der Waals surface area (Å²) in [5.41, 5.74) is 1.86. The molecule has 2 aromatic rings. The van der Waals surface area contributed by atoms with E-state index in [1.165, 1.54) is 5.56 Å². The molecule has 0 fully saturated rings. The van der Waals surface area contributed by atoms with E-state index >= 15 is 0 Å². The van der Waals surface area contributed by atoms with E-state index in [0.717, 1.165) is 10.9 Å². The number of carbonyl (C=O) groups excluding carboxylic acids is 1. The molecule has 0 radical (unpaired) electrons. The highest BCUT2D eigenvalue weighted by molar-refractivity contribution is 9.10. The second-order valence-corrected chi connectivity index (χ2v) is 5.98. The van der Waals surface area contributed by atoms with E-state index in [4.69, 9.17) is 0 Å². The van der Waals surface area contributed by atoms with Crippen LogP contribution in [-0.4, -0.2) is 12.5 Å². The number of hydrogen-bond donors (Lipinski definition) is 2. The number of halogens is 1. The highest BCUT2D eigenvalue weighted by atomic mass is 79.9. The smallest absolute Gasteiger partial charge is 0.252 e. The number of nitrogens with one attached hydrogen (secondary N) is 1. The maximum atomic E-state index is 11.9. The Bertz CT molecular complexity index is 540. The van der Waals surface area contributed by atoms with Crippen molar-refractivity contribution in [2.45, 2.75) is 11.3 Å². The second kappa shape index (κ2) is 6.41. The van der Waals surface area contributed by atoms with Crippen molar-refractivity contribution >= 4 is 45.8 Å². The monoisotopic (exact) mass is 341 g/mol. The van der Waals surface area contributed by atoms with Gasteiger partial charge >= 0.3 is 0 Å². The molecule has 1 N–H and O–H groups in total. The van der Waals surface area contributed by atoms with Gasteiger partial charge in [-0.05, 0) is 47.0 Å². The van der Waals surface area contributed by atoms with Gasteiger partial charge in [0.2, 0.25) is 0 Å². The van der Waals surface area contributed by atoms with Crippen LogP contribution in [0.3, 0.4) is 0 Å². The highest BCUT2D eigenvalue weighted by Gasteiger charge is 2.09. The SMILES string of the molecule is O=C(NCCc1ccsc1)c1ccc(Br)cc1S. The zero-order chi connectivity index (χ0) is 13.0. The second-order valence-electron chi connectivity index (χ2n) is 3.80. The van der Waals surface area contributed by atoms with E-state index in [2.05, 4.69) is 45.3 Å². The quantitative estimate of drug-likeness (QED) is 0.814. The summed E-state index contributed by atoms with van der Waals surface area (Å²) >= 11 is 9.31. The number of benzene rings is 1. The van der Waals surface area contributed by atoms with E-state index < -0.39 is 0 Å². The number of hydrogen-bond acceptors (Lipinski definition) is 3. The first-order valence-electron chi connectivity index (χ1n) is 5.44. The standard InChI is InChI=1S/C13H12BrNOS2/c14-10-1-2-11(12(17)7-10)13(16)15-5-3-9-4-6-18-8-9/h1-2,4,6-8,17H,3,5H2,(H,15,16). The van der Waals surface area contributed by atoms with E-state index in [9.17, 15) is 4.79 Å². The molecule has 0 saturated heterocycles. The lowest BCUT2D eigenvalue weighted by atomic mass is 10.2. The fourth-order valence-corrected chi connectivity index (χ4v) is 3.10. The molecule has 1 amide bonds. The minimum atomic E-state index is -0.0808. The molecule has 0 aliphatic carbocycles. The normalized spacial score (nSPS) is 10.3. The zero-order valence-corrected chi connectivity index (χ0v) is 12.8. The fraction of sp³-hybridized carbons (Fsp3) is 0.154. The molecular weight excluding hydrogens is 330 g/mol. The summed E-state index contributed by atoms with van der Waals surface area (Å²) in [7, 11) is 0. The summed E-state index contributed by atoms with van der Waals surface area (Å²) in [6, 6.07) is 7.50. The molecular formula is C13H12BrNOS2. The van der Waals surface area contributed by atoms with E-state index in [1.54, 1.807) is 17.4 Å². The molecule has 2 nitrogen and oxygen atoms in total. The largest absolute Gasteiger partial charge is 0.352 e. The molecule has 0 aliphatic rings. The first-order valence-corrected chi connectivity index (χ1v) is 7.63. The molecule has 1 heterocycles. The van der Waals surface area contributed by atoms with Gasteiger partial charge in [-0.15, -0.1) is 12.6 Å². The van der Waals surface area contributed by atoms with Gasteiger partial charge in [0.25, 0.3) is 5.91 Å². The van der Waals surface area contributed by atoms with Crippen LogP contribution in [0.5, 0.6) is 0 Å². The molecule has 0 bridgehead atoms. The van der Waals surface area contributed by atoms with Crippen molar-refractivity contribution in [3.63, 3.8) is 0 Å². The predicted molar refractivity (Wildman–Crippen MR) is 81.8 cm³/mol. The van der Waals surface area contributed by atoms with Gasteiger partial charge < -0.3 is 5.32 Å². The minimum absolute atomic E-state index is 0.0808.